The number of carbonyl (C=O) groups is 2. The quantitative estimate of drug-likeness (QED) is 0.481. The number of para-hydroxylation sites is 2. The largest absolute Gasteiger partial charge is 0.496 e. The molecule has 0 radical (unpaired) electrons. The van der Waals surface area contributed by atoms with Crippen molar-refractivity contribution >= 4 is 28.9 Å². The van der Waals surface area contributed by atoms with Crippen molar-refractivity contribution in [2.24, 2.45) is 0 Å². The molecule has 8 heteroatoms. The van der Waals surface area contributed by atoms with E-state index in [1.165, 1.54) is 6.07 Å². The van der Waals surface area contributed by atoms with E-state index in [0.29, 0.717) is 17.0 Å². The van der Waals surface area contributed by atoms with E-state index in [4.69, 9.17) is 4.74 Å². The molecule has 2 heterocycles. The molecular weight excluding hydrogens is 372 g/mol. The number of anilines is 1. The molecule has 0 spiro atoms. The van der Waals surface area contributed by atoms with Gasteiger partial charge >= 0.3 is 5.97 Å². The van der Waals surface area contributed by atoms with Crippen LogP contribution in [0, 0.1) is 0 Å². The van der Waals surface area contributed by atoms with Gasteiger partial charge in [-0.05, 0) is 36.4 Å². The number of hydrogen-bond acceptors (Lipinski definition) is 5. The Kier molecular flexibility index (Phi) is 4.66. The van der Waals surface area contributed by atoms with E-state index >= 15 is 0 Å². The average molecular weight is 388 g/mol. The normalized spacial score (nSPS) is 10.7. The van der Waals surface area contributed by atoms with Crippen LogP contribution in [-0.2, 0) is 0 Å². The number of carboxylic acid groups (broad SMARTS) is 1. The average Bonchev–Trinajstić information content (AvgIpc) is 3.16. The molecule has 0 unspecified atom stereocenters. The SMILES string of the molecule is COc1ccccc1-c1cccc(C(=O)Nc2nc3c(C(=O)O)cccc3[nH]2)n1. The maximum absolute atomic E-state index is 12.7. The van der Waals surface area contributed by atoms with Crippen molar-refractivity contribution in [2.75, 3.05) is 12.4 Å². The molecule has 4 rings (SSSR count). The van der Waals surface area contributed by atoms with Gasteiger partial charge < -0.3 is 14.8 Å². The van der Waals surface area contributed by atoms with Gasteiger partial charge in [0.1, 0.15) is 17.0 Å². The predicted molar refractivity (Wildman–Crippen MR) is 107 cm³/mol. The molecule has 0 atom stereocenters. The smallest absolute Gasteiger partial charge is 0.337 e. The van der Waals surface area contributed by atoms with Gasteiger partial charge in [-0.3, -0.25) is 10.1 Å². The Morgan fingerprint density at radius 2 is 1.79 bits per heavy atom. The maximum atomic E-state index is 12.7. The summed E-state index contributed by atoms with van der Waals surface area (Å²) in [5.41, 5.74) is 2.37. The third-order valence-corrected chi connectivity index (χ3v) is 4.34. The predicted octanol–water partition coefficient (Wildman–Crippen LogP) is 3.58. The third kappa shape index (κ3) is 3.51. The van der Waals surface area contributed by atoms with Crippen LogP contribution >= 0.6 is 0 Å². The number of methoxy groups -OCH3 is 1. The number of nitrogens with one attached hydrogen (secondary N) is 2. The van der Waals surface area contributed by atoms with Crippen LogP contribution < -0.4 is 10.1 Å². The summed E-state index contributed by atoms with van der Waals surface area (Å²) in [5, 5.41) is 11.9. The summed E-state index contributed by atoms with van der Waals surface area (Å²) in [7, 11) is 1.57. The molecule has 144 valence electrons. The number of benzene rings is 2. The number of rotatable bonds is 5. The van der Waals surface area contributed by atoms with Gasteiger partial charge in [0.25, 0.3) is 5.91 Å². The standard InChI is InChI=1S/C21H16N4O4/c1-29-17-11-3-2-6-12(17)14-8-5-10-16(22-14)19(26)25-21-23-15-9-4-7-13(20(27)28)18(15)24-21/h2-11H,1H3,(H,27,28)(H2,23,24,25,26). The zero-order chi connectivity index (χ0) is 20.4. The molecule has 0 saturated carbocycles. The van der Waals surface area contributed by atoms with E-state index in [1.54, 1.807) is 37.4 Å². The fourth-order valence-electron chi connectivity index (χ4n) is 3.00. The monoisotopic (exact) mass is 388 g/mol. The Morgan fingerprint density at radius 3 is 2.59 bits per heavy atom. The van der Waals surface area contributed by atoms with E-state index in [-0.39, 0.29) is 22.7 Å². The highest BCUT2D eigenvalue weighted by atomic mass is 16.5. The molecule has 0 aliphatic rings. The minimum Gasteiger partial charge on any atom is -0.496 e. The second-order valence-electron chi connectivity index (χ2n) is 6.15. The first kappa shape index (κ1) is 18.2. The zero-order valence-electron chi connectivity index (χ0n) is 15.3. The number of imidazole rings is 1. The lowest BCUT2D eigenvalue weighted by atomic mass is 10.1. The van der Waals surface area contributed by atoms with E-state index in [2.05, 4.69) is 20.3 Å². The second kappa shape index (κ2) is 7.43. The van der Waals surface area contributed by atoms with E-state index in [9.17, 15) is 14.7 Å². The molecule has 3 N–H and O–H groups in total. The molecule has 8 nitrogen and oxygen atoms in total. The number of hydrogen-bond donors (Lipinski definition) is 3. The van der Waals surface area contributed by atoms with Gasteiger partial charge in [-0.25, -0.2) is 14.8 Å². The number of aromatic nitrogens is 3. The minimum atomic E-state index is -1.09. The van der Waals surface area contributed by atoms with Crippen LogP contribution in [0.1, 0.15) is 20.8 Å². The van der Waals surface area contributed by atoms with Gasteiger partial charge in [0.15, 0.2) is 0 Å². The van der Waals surface area contributed by atoms with Crippen LogP contribution in [0.2, 0.25) is 0 Å². The molecule has 2 aromatic heterocycles. The minimum absolute atomic E-state index is 0.0514. The Morgan fingerprint density at radius 1 is 1.00 bits per heavy atom. The van der Waals surface area contributed by atoms with Crippen molar-refractivity contribution in [2.45, 2.75) is 0 Å². The number of carbonyl (C=O) groups excluding carboxylic acids is 1. The maximum Gasteiger partial charge on any atom is 0.337 e. The lowest BCUT2D eigenvalue weighted by molar-refractivity contribution is 0.0698. The van der Waals surface area contributed by atoms with Crippen molar-refractivity contribution in [1.29, 1.82) is 0 Å². The van der Waals surface area contributed by atoms with Gasteiger partial charge in [-0.2, -0.15) is 0 Å². The van der Waals surface area contributed by atoms with Crippen LogP contribution in [0.4, 0.5) is 5.95 Å². The number of fused-ring (bicyclic) bond motifs is 1. The van der Waals surface area contributed by atoms with Gasteiger partial charge in [-0.15, -0.1) is 0 Å². The van der Waals surface area contributed by atoms with Crippen molar-refractivity contribution < 1.29 is 19.4 Å². The van der Waals surface area contributed by atoms with Gasteiger partial charge in [0.05, 0.1) is 23.9 Å². The number of ether oxygens (including phenoxy) is 1. The molecule has 0 bridgehead atoms. The fraction of sp³-hybridized carbons (Fsp3) is 0.0476. The number of amides is 1. The Hall–Kier alpha value is -4.20. The molecule has 4 aromatic rings. The number of carboxylic acids is 1. The molecule has 1 amide bonds. The Bertz CT molecular complexity index is 1230. The number of aromatic carboxylic acids is 1. The number of H-pyrrole nitrogens is 1. The highest BCUT2D eigenvalue weighted by Crippen LogP contribution is 2.28. The molecule has 0 saturated heterocycles. The van der Waals surface area contributed by atoms with E-state index in [0.717, 1.165) is 5.56 Å². The highest BCUT2D eigenvalue weighted by Gasteiger charge is 2.16. The molecule has 0 aliphatic carbocycles. The third-order valence-electron chi connectivity index (χ3n) is 4.34. The lowest BCUT2D eigenvalue weighted by Crippen LogP contribution is -2.14. The first-order chi connectivity index (χ1) is 14.1. The van der Waals surface area contributed by atoms with E-state index < -0.39 is 11.9 Å². The molecule has 0 aliphatic heterocycles. The molecule has 2 aromatic carbocycles. The number of pyridine rings is 1. The van der Waals surface area contributed by atoms with Crippen molar-refractivity contribution in [3.63, 3.8) is 0 Å². The van der Waals surface area contributed by atoms with Crippen molar-refractivity contribution in [3.8, 4) is 17.0 Å². The highest BCUT2D eigenvalue weighted by molar-refractivity contribution is 6.05. The van der Waals surface area contributed by atoms with Crippen LogP contribution in [0.3, 0.4) is 0 Å². The van der Waals surface area contributed by atoms with Gasteiger partial charge in [-0.1, -0.05) is 24.3 Å². The van der Waals surface area contributed by atoms with Crippen LogP contribution in [0.25, 0.3) is 22.3 Å². The second-order valence-corrected chi connectivity index (χ2v) is 6.15. The molecule has 0 fully saturated rings. The summed E-state index contributed by atoms with van der Waals surface area (Å²) < 4.78 is 5.36. The summed E-state index contributed by atoms with van der Waals surface area (Å²) in [6, 6.07) is 17.2. The first-order valence-corrected chi connectivity index (χ1v) is 8.70. The number of nitrogens with zero attached hydrogens (tertiary/aromatic N) is 2. The lowest BCUT2D eigenvalue weighted by Gasteiger charge is -2.08. The van der Waals surface area contributed by atoms with Crippen molar-refractivity contribution in [1.82, 2.24) is 15.0 Å². The summed E-state index contributed by atoms with van der Waals surface area (Å²) in [4.78, 5) is 35.5. The van der Waals surface area contributed by atoms with Crippen molar-refractivity contribution in [3.05, 3.63) is 71.9 Å². The van der Waals surface area contributed by atoms with E-state index in [1.807, 2.05) is 24.3 Å². The Balaban J connectivity index is 1.63. The van der Waals surface area contributed by atoms with Gasteiger partial charge in [0.2, 0.25) is 5.95 Å². The first-order valence-electron chi connectivity index (χ1n) is 8.70. The Labute approximate surface area is 165 Å². The summed E-state index contributed by atoms with van der Waals surface area (Å²) >= 11 is 0. The summed E-state index contributed by atoms with van der Waals surface area (Å²) in [5.74, 6) is -0.775. The van der Waals surface area contributed by atoms with Gasteiger partial charge in [0, 0.05) is 5.56 Å². The number of aromatic amines is 1. The van der Waals surface area contributed by atoms with Crippen LogP contribution in [-0.4, -0.2) is 39.0 Å². The molecular formula is C21H16N4O4. The zero-order valence-corrected chi connectivity index (χ0v) is 15.3. The molecule has 29 heavy (non-hydrogen) atoms. The fourth-order valence-corrected chi connectivity index (χ4v) is 3.00. The van der Waals surface area contributed by atoms with Crippen LogP contribution in [0.15, 0.2) is 60.7 Å². The summed E-state index contributed by atoms with van der Waals surface area (Å²) in [6.07, 6.45) is 0. The van der Waals surface area contributed by atoms with Crippen LogP contribution in [0.5, 0.6) is 5.75 Å². The summed E-state index contributed by atoms with van der Waals surface area (Å²) in [6.45, 7) is 0. The topological polar surface area (TPSA) is 117 Å².